The Morgan fingerprint density at radius 1 is 1.04 bits per heavy atom. The van der Waals surface area contributed by atoms with Crippen LogP contribution >= 0.6 is 0 Å². The van der Waals surface area contributed by atoms with Crippen LogP contribution in [0.3, 0.4) is 0 Å². The summed E-state index contributed by atoms with van der Waals surface area (Å²) in [7, 11) is 0. The molecule has 10 heteroatoms. The summed E-state index contributed by atoms with van der Waals surface area (Å²) in [6.07, 6.45) is -5.60. The van der Waals surface area contributed by atoms with E-state index in [2.05, 4.69) is 0 Å². The predicted molar refractivity (Wildman–Crippen MR) is 76.2 cm³/mol. The molecule has 0 aromatic carbocycles. The summed E-state index contributed by atoms with van der Waals surface area (Å²) in [6, 6.07) is -1.45. The number of rotatable bonds is 5. The lowest BCUT2D eigenvalue weighted by Crippen LogP contribution is -2.66. The van der Waals surface area contributed by atoms with Crippen LogP contribution in [0.15, 0.2) is 0 Å². The summed E-state index contributed by atoms with van der Waals surface area (Å²) in [6.45, 7) is 3.99. The molecule has 24 heavy (non-hydrogen) atoms. The zero-order valence-corrected chi connectivity index (χ0v) is 13.8. The van der Waals surface area contributed by atoms with Gasteiger partial charge in [-0.15, -0.1) is 0 Å². The summed E-state index contributed by atoms with van der Waals surface area (Å²) in [4.78, 5) is 45.3. The summed E-state index contributed by atoms with van der Waals surface area (Å²) in [5.74, 6) is -2.95. The molecule has 1 amide bonds. The third-order valence-electron chi connectivity index (χ3n) is 3.02. The largest absolute Gasteiger partial charge is 0.463 e. The number of hydrogen-bond donors (Lipinski definition) is 2. The topological polar surface area (TPSA) is 137 Å². The van der Waals surface area contributed by atoms with Crippen LogP contribution < -0.4 is 5.31 Å². The van der Waals surface area contributed by atoms with E-state index in [1.165, 1.54) is 0 Å². The van der Waals surface area contributed by atoms with Crippen molar-refractivity contribution in [1.82, 2.24) is 5.31 Å². The van der Waals surface area contributed by atoms with E-state index in [0.717, 1.165) is 27.7 Å². The number of hydrogen-bond acceptors (Lipinski definition) is 9. The fourth-order valence-corrected chi connectivity index (χ4v) is 2.25. The summed E-state index contributed by atoms with van der Waals surface area (Å²) < 4.78 is 28.0. The molecule has 1 unspecified atom stereocenters. The van der Waals surface area contributed by atoms with E-state index in [1.54, 1.807) is 0 Å². The van der Waals surface area contributed by atoms with Crippen LogP contribution in [-0.2, 0) is 38.1 Å². The number of ether oxygens (including phenoxy) is 4. The molecule has 1 saturated heterocycles. The van der Waals surface area contributed by atoms with Crippen molar-refractivity contribution < 1.29 is 44.6 Å². The van der Waals surface area contributed by atoms with Crippen molar-refractivity contribution in [2.45, 2.75) is 58.3 Å². The van der Waals surface area contributed by atoms with E-state index in [-0.39, 0.29) is 0 Å². The van der Waals surface area contributed by atoms with Gasteiger partial charge in [0.15, 0.2) is 19.9 Å². The standard InChI is InChI=1S/C14H21NO9/c1-6(16)15-11-13(23-9(4)19)12(22-8(3)18)10(24-14(11)20)5-21-7(2)17/h10-14,20H,5H2,1-4H3,(H,15,16)/t10-,11+,12-,13-,14?/m1/s1/i/hD. The van der Waals surface area contributed by atoms with Gasteiger partial charge in [0, 0.05) is 27.7 Å². The first kappa shape index (κ1) is 18.1. The number of carbonyl (C=O) groups is 4. The maximum absolute atomic E-state index is 11.5. The molecular formula is C14H21NO9. The monoisotopic (exact) mass is 348 g/mol. The van der Waals surface area contributed by atoms with Crippen molar-refractivity contribution in [2.75, 3.05) is 6.61 Å². The number of carbonyl (C=O) groups excluding carboxylic acids is 4. The molecule has 5 atom stereocenters. The third-order valence-corrected chi connectivity index (χ3v) is 3.02. The molecule has 0 aromatic heterocycles. The quantitative estimate of drug-likeness (QED) is 0.455. The Morgan fingerprint density at radius 2 is 1.58 bits per heavy atom. The molecular weight excluding hydrogens is 326 g/mol. The zero-order valence-electron chi connectivity index (χ0n) is 14.8. The average Bonchev–Trinajstić information content (AvgIpc) is 2.46. The minimum absolute atomic E-state index is 0.372. The van der Waals surface area contributed by atoms with Crippen LogP contribution in [0.4, 0.5) is 0 Å². The van der Waals surface area contributed by atoms with Crippen LogP contribution in [-0.4, -0.2) is 66.2 Å². The lowest BCUT2D eigenvalue weighted by Gasteiger charge is -2.43. The minimum atomic E-state index is -1.74. The second kappa shape index (κ2) is 8.60. The zero-order chi connectivity index (χ0) is 19.3. The van der Waals surface area contributed by atoms with E-state index < -0.39 is 61.1 Å². The lowest BCUT2D eigenvalue weighted by atomic mass is 9.96. The SMILES string of the molecule is [2H]N(C(C)=O)[C@@H]1C(O)O[C@H](COC(C)=O)[C@@H](OC(C)=O)[C@@H]1OC(C)=O. The average molecular weight is 348 g/mol. The molecule has 136 valence electrons. The number of nitrogens with one attached hydrogen (secondary N) is 1. The van der Waals surface area contributed by atoms with E-state index in [9.17, 15) is 24.3 Å². The molecule has 0 aliphatic carbocycles. The highest BCUT2D eigenvalue weighted by Gasteiger charge is 2.50. The van der Waals surface area contributed by atoms with Gasteiger partial charge in [0.25, 0.3) is 0 Å². The van der Waals surface area contributed by atoms with Gasteiger partial charge in [0.2, 0.25) is 5.91 Å². The lowest BCUT2D eigenvalue weighted by molar-refractivity contribution is -0.264. The Balaban J connectivity index is 3.21. The number of amides is 1. The van der Waals surface area contributed by atoms with Crippen molar-refractivity contribution in [3.05, 3.63) is 0 Å². The molecule has 1 rings (SSSR count). The minimum Gasteiger partial charge on any atom is -0.463 e. The molecule has 0 aromatic rings. The fourth-order valence-electron chi connectivity index (χ4n) is 2.25. The van der Waals surface area contributed by atoms with Crippen molar-refractivity contribution in [3.8, 4) is 0 Å². The Kier molecular flexibility index (Phi) is 6.50. The Morgan fingerprint density at radius 3 is 2.04 bits per heavy atom. The Hall–Kier alpha value is -2.20. The summed E-state index contributed by atoms with van der Waals surface area (Å²) >= 11 is 0. The Bertz CT molecular complexity index is 540. The van der Waals surface area contributed by atoms with Gasteiger partial charge in [0.05, 0.1) is 0 Å². The van der Waals surface area contributed by atoms with Gasteiger partial charge in [-0.2, -0.15) is 0 Å². The molecule has 10 nitrogen and oxygen atoms in total. The van der Waals surface area contributed by atoms with Crippen LogP contribution in [0.1, 0.15) is 27.7 Å². The first-order valence-electron chi connectivity index (χ1n) is 7.59. The summed E-state index contributed by atoms with van der Waals surface area (Å²) in [5, 5.41) is 10.5. The van der Waals surface area contributed by atoms with E-state index in [1.807, 2.05) is 0 Å². The van der Waals surface area contributed by atoms with Gasteiger partial charge in [0.1, 0.15) is 18.8 Å². The van der Waals surface area contributed by atoms with Crippen LogP contribution in [0.2, 0.25) is 1.41 Å². The summed E-state index contributed by atoms with van der Waals surface area (Å²) in [5.41, 5.74) is 0. The van der Waals surface area contributed by atoms with Crippen LogP contribution in [0.5, 0.6) is 0 Å². The predicted octanol–water partition coefficient (Wildman–Crippen LogP) is -1.37. The molecule has 1 heterocycles. The number of aliphatic hydroxyl groups excluding tert-OH is 1. The van der Waals surface area contributed by atoms with Crippen LogP contribution in [0.25, 0.3) is 0 Å². The van der Waals surface area contributed by atoms with E-state index in [4.69, 9.17) is 20.4 Å². The maximum Gasteiger partial charge on any atom is 0.303 e. The van der Waals surface area contributed by atoms with Gasteiger partial charge in [-0.25, -0.2) is 0 Å². The third kappa shape index (κ3) is 5.78. The molecule has 1 aliphatic heterocycles. The normalized spacial score (nSPS) is 29.9. The van der Waals surface area contributed by atoms with Gasteiger partial charge >= 0.3 is 17.9 Å². The molecule has 0 saturated carbocycles. The van der Waals surface area contributed by atoms with Crippen molar-refractivity contribution in [3.63, 3.8) is 0 Å². The second-order valence-corrected chi connectivity index (χ2v) is 5.15. The Labute approximate surface area is 139 Å². The van der Waals surface area contributed by atoms with Crippen molar-refractivity contribution >= 4 is 23.8 Å². The van der Waals surface area contributed by atoms with Gasteiger partial charge in [-0.05, 0) is 0 Å². The van der Waals surface area contributed by atoms with E-state index >= 15 is 0 Å². The van der Waals surface area contributed by atoms with Crippen molar-refractivity contribution in [1.29, 1.82) is 0 Å². The number of esters is 3. The molecule has 0 radical (unpaired) electrons. The van der Waals surface area contributed by atoms with Gasteiger partial charge in [-0.3, -0.25) is 19.2 Å². The second-order valence-electron chi connectivity index (χ2n) is 5.15. The molecule has 1 fully saturated rings. The van der Waals surface area contributed by atoms with Crippen molar-refractivity contribution in [2.24, 2.45) is 0 Å². The first-order valence-corrected chi connectivity index (χ1v) is 7.14. The van der Waals surface area contributed by atoms with Gasteiger partial charge < -0.3 is 29.4 Å². The molecule has 0 bridgehead atoms. The highest BCUT2D eigenvalue weighted by Crippen LogP contribution is 2.26. The smallest absolute Gasteiger partial charge is 0.303 e. The van der Waals surface area contributed by atoms with Gasteiger partial charge in [-0.1, -0.05) is 0 Å². The molecule has 0 spiro atoms. The molecule has 2 N–H and O–H groups in total. The fraction of sp³-hybridized carbons (Fsp3) is 0.714. The maximum atomic E-state index is 11.5. The molecule has 1 aliphatic rings. The highest BCUT2D eigenvalue weighted by molar-refractivity contribution is 5.73. The number of aliphatic hydroxyl groups is 1. The first-order chi connectivity index (χ1) is 11.5. The van der Waals surface area contributed by atoms with E-state index in [0.29, 0.717) is 5.31 Å². The highest BCUT2D eigenvalue weighted by atomic mass is 16.7. The van der Waals surface area contributed by atoms with Crippen LogP contribution in [0, 0.1) is 0 Å².